The van der Waals surface area contributed by atoms with Gasteiger partial charge >= 0.3 is 0 Å². The van der Waals surface area contributed by atoms with Crippen LogP contribution in [0, 0.1) is 11.6 Å². The zero-order chi connectivity index (χ0) is 23.9. The lowest BCUT2D eigenvalue weighted by Crippen LogP contribution is -2.45. The number of rotatable bonds is 9. The molecule has 1 unspecified atom stereocenters. The van der Waals surface area contributed by atoms with Crippen molar-refractivity contribution >= 4 is 11.8 Å². The van der Waals surface area contributed by atoms with Gasteiger partial charge in [0.25, 0.3) is 5.91 Å². The Bertz CT molecular complexity index is 1080. The van der Waals surface area contributed by atoms with Crippen LogP contribution in [0.3, 0.4) is 0 Å². The normalized spacial score (nSPS) is 15.3. The molecule has 1 saturated heterocycles. The highest BCUT2D eigenvalue weighted by Gasteiger charge is 2.27. The third kappa shape index (κ3) is 6.29. The molecule has 178 valence electrons. The molecule has 0 aliphatic carbocycles. The fraction of sp³-hybridized carbons (Fsp3) is 0.308. The van der Waals surface area contributed by atoms with Crippen molar-refractivity contribution in [3.8, 4) is 0 Å². The molecule has 1 aliphatic rings. The summed E-state index contributed by atoms with van der Waals surface area (Å²) in [6.45, 7) is 1.11. The Hall–Kier alpha value is -3.52. The quantitative estimate of drug-likeness (QED) is 0.467. The minimum absolute atomic E-state index is 0.159. The monoisotopic (exact) mass is 468 g/mol. The Morgan fingerprint density at radius 2 is 1.62 bits per heavy atom. The molecule has 1 atom stereocenters. The van der Waals surface area contributed by atoms with E-state index in [-0.39, 0.29) is 49.9 Å². The number of amides is 2. The maximum absolute atomic E-state index is 13.4. The molecule has 34 heavy (non-hydrogen) atoms. The van der Waals surface area contributed by atoms with Gasteiger partial charge in [0, 0.05) is 25.3 Å². The molecule has 2 amide bonds. The first-order valence-electron chi connectivity index (χ1n) is 11.2. The Morgan fingerprint density at radius 1 is 0.912 bits per heavy atom. The molecular weight excluding hydrogens is 442 g/mol. The lowest BCUT2D eigenvalue weighted by molar-refractivity contribution is -0.133. The Labute approximate surface area is 196 Å². The molecule has 2 heterocycles. The molecule has 0 bridgehead atoms. The number of furan rings is 1. The van der Waals surface area contributed by atoms with E-state index in [1.54, 1.807) is 29.2 Å². The fourth-order valence-electron chi connectivity index (χ4n) is 3.92. The van der Waals surface area contributed by atoms with E-state index in [9.17, 15) is 18.4 Å². The van der Waals surface area contributed by atoms with E-state index in [0.717, 1.165) is 18.4 Å². The number of benzene rings is 2. The number of hydrogen-bond acceptors (Lipinski definition) is 4. The number of nitrogens with zero attached hydrogens (tertiary/aromatic N) is 2. The van der Waals surface area contributed by atoms with Crippen molar-refractivity contribution in [3.63, 3.8) is 0 Å². The Balaban J connectivity index is 1.54. The van der Waals surface area contributed by atoms with Gasteiger partial charge in [-0.15, -0.1) is 0 Å². The highest BCUT2D eigenvalue weighted by Crippen LogP contribution is 2.17. The van der Waals surface area contributed by atoms with E-state index >= 15 is 0 Å². The predicted molar refractivity (Wildman–Crippen MR) is 121 cm³/mol. The molecule has 8 heteroatoms. The topological polar surface area (TPSA) is 63.0 Å². The maximum atomic E-state index is 13.4. The van der Waals surface area contributed by atoms with E-state index in [2.05, 4.69) is 0 Å². The van der Waals surface area contributed by atoms with Crippen LogP contribution in [0.15, 0.2) is 71.3 Å². The lowest BCUT2D eigenvalue weighted by atomic mass is 10.1. The van der Waals surface area contributed by atoms with Crippen molar-refractivity contribution in [2.45, 2.75) is 32.0 Å². The molecule has 0 N–H and O–H groups in total. The lowest BCUT2D eigenvalue weighted by Gasteiger charge is -2.29. The standard InChI is InChI=1S/C26H26F2N2O4/c27-21-9-5-19(6-10-21)15-29(16-23-3-1-13-33-23)25(31)18-30(17-24-4-2-14-34-24)26(32)20-7-11-22(28)12-8-20/h1,3,5-13,24H,2,4,14-18H2. The first-order valence-corrected chi connectivity index (χ1v) is 11.2. The number of halogens is 2. The molecule has 2 aromatic carbocycles. The predicted octanol–water partition coefficient (Wildman–Crippen LogP) is 4.41. The van der Waals surface area contributed by atoms with Gasteiger partial charge in [-0.05, 0) is 66.9 Å². The highest BCUT2D eigenvalue weighted by atomic mass is 19.1. The van der Waals surface area contributed by atoms with Gasteiger partial charge in [0.2, 0.25) is 5.91 Å². The van der Waals surface area contributed by atoms with Crippen molar-refractivity contribution in [1.29, 1.82) is 0 Å². The summed E-state index contributed by atoms with van der Waals surface area (Å²) >= 11 is 0. The van der Waals surface area contributed by atoms with Gasteiger partial charge in [0.1, 0.15) is 23.9 Å². The molecule has 1 aromatic heterocycles. The SMILES string of the molecule is O=C(CN(CC1CCCO1)C(=O)c1ccc(F)cc1)N(Cc1ccc(F)cc1)Cc1ccco1. The fourth-order valence-corrected chi connectivity index (χ4v) is 3.92. The first kappa shape index (κ1) is 23.6. The zero-order valence-corrected chi connectivity index (χ0v) is 18.7. The van der Waals surface area contributed by atoms with Crippen LogP contribution in [0.4, 0.5) is 8.78 Å². The van der Waals surface area contributed by atoms with Crippen molar-refractivity contribution in [3.05, 3.63) is 95.4 Å². The molecule has 6 nitrogen and oxygen atoms in total. The van der Waals surface area contributed by atoms with E-state index in [1.807, 2.05) is 0 Å². The summed E-state index contributed by atoms with van der Waals surface area (Å²) in [4.78, 5) is 29.7. The van der Waals surface area contributed by atoms with Gasteiger partial charge in [-0.2, -0.15) is 0 Å². The smallest absolute Gasteiger partial charge is 0.254 e. The van der Waals surface area contributed by atoms with Crippen LogP contribution in [0.5, 0.6) is 0 Å². The van der Waals surface area contributed by atoms with Crippen LogP contribution >= 0.6 is 0 Å². The molecule has 1 fully saturated rings. The molecule has 3 aromatic rings. The van der Waals surface area contributed by atoms with Gasteiger partial charge in [-0.25, -0.2) is 8.78 Å². The van der Waals surface area contributed by atoms with Gasteiger partial charge in [0.15, 0.2) is 0 Å². The summed E-state index contributed by atoms with van der Waals surface area (Å²) in [5, 5.41) is 0. The molecule has 0 saturated carbocycles. The molecular formula is C26H26F2N2O4. The number of hydrogen-bond donors (Lipinski definition) is 0. The van der Waals surface area contributed by atoms with E-state index in [0.29, 0.717) is 17.9 Å². The van der Waals surface area contributed by atoms with Crippen LogP contribution < -0.4 is 0 Å². The zero-order valence-electron chi connectivity index (χ0n) is 18.7. The second kappa shape index (κ2) is 11.1. The van der Waals surface area contributed by atoms with Crippen LogP contribution in [0.2, 0.25) is 0 Å². The summed E-state index contributed by atoms with van der Waals surface area (Å²) in [6.07, 6.45) is 3.06. The van der Waals surface area contributed by atoms with Crippen LogP contribution in [0.1, 0.15) is 34.5 Å². The Morgan fingerprint density at radius 3 is 2.24 bits per heavy atom. The number of carbonyl (C=O) groups excluding carboxylic acids is 2. The average molecular weight is 469 g/mol. The number of ether oxygens (including phenoxy) is 1. The van der Waals surface area contributed by atoms with Gasteiger partial charge in [0.05, 0.1) is 18.9 Å². The molecule has 0 spiro atoms. The molecule has 4 rings (SSSR count). The minimum Gasteiger partial charge on any atom is -0.467 e. The summed E-state index contributed by atoms with van der Waals surface area (Å²) in [6, 6.07) is 14.7. The largest absolute Gasteiger partial charge is 0.467 e. The third-order valence-electron chi connectivity index (χ3n) is 5.72. The van der Waals surface area contributed by atoms with Crippen molar-refractivity contribution in [1.82, 2.24) is 9.80 Å². The van der Waals surface area contributed by atoms with Crippen LogP contribution in [-0.4, -0.2) is 47.4 Å². The summed E-state index contributed by atoms with van der Waals surface area (Å²) in [7, 11) is 0. The second-order valence-electron chi connectivity index (χ2n) is 8.28. The first-order chi connectivity index (χ1) is 16.5. The van der Waals surface area contributed by atoms with Gasteiger partial charge in [-0.3, -0.25) is 9.59 Å². The summed E-state index contributed by atoms with van der Waals surface area (Å²) in [5.41, 5.74) is 1.04. The van der Waals surface area contributed by atoms with E-state index in [1.165, 1.54) is 47.6 Å². The molecule has 1 aliphatic heterocycles. The van der Waals surface area contributed by atoms with Gasteiger partial charge in [-0.1, -0.05) is 12.1 Å². The van der Waals surface area contributed by atoms with Crippen LogP contribution in [0.25, 0.3) is 0 Å². The average Bonchev–Trinajstić information content (AvgIpc) is 3.54. The van der Waals surface area contributed by atoms with Crippen molar-refractivity contribution < 1.29 is 27.5 Å². The van der Waals surface area contributed by atoms with Gasteiger partial charge < -0.3 is 19.0 Å². The van der Waals surface area contributed by atoms with E-state index < -0.39 is 5.82 Å². The van der Waals surface area contributed by atoms with Crippen molar-refractivity contribution in [2.24, 2.45) is 0 Å². The van der Waals surface area contributed by atoms with Crippen LogP contribution in [-0.2, 0) is 22.6 Å². The summed E-state index contributed by atoms with van der Waals surface area (Å²) < 4.78 is 37.8. The van der Waals surface area contributed by atoms with E-state index in [4.69, 9.17) is 9.15 Å². The minimum atomic E-state index is -0.442. The third-order valence-corrected chi connectivity index (χ3v) is 5.72. The number of carbonyl (C=O) groups is 2. The summed E-state index contributed by atoms with van der Waals surface area (Å²) in [5.74, 6) is -0.883. The highest BCUT2D eigenvalue weighted by molar-refractivity contribution is 5.96. The second-order valence-corrected chi connectivity index (χ2v) is 8.28. The maximum Gasteiger partial charge on any atom is 0.254 e. The van der Waals surface area contributed by atoms with Crippen molar-refractivity contribution in [2.75, 3.05) is 19.7 Å². The Kier molecular flexibility index (Phi) is 7.69. The molecule has 0 radical (unpaired) electrons.